The summed E-state index contributed by atoms with van der Waals surface area (Å²) in [6, 6.07) is 4.68. The predicted octanol–water partition coefficient (Wildman–Crippen LogP) is 1.03. The molecule has 0 unspecified atom stereocenters. The molecule has 0 saturated heterocycles. The highest BCUT2D eigenvalue weighted by Crippen LogP contribution is 2.33. The summed E-state index contributed by atoms with van der Waals surface area (Å²) >= 11 is 0. The van der Waals surface area contributed by atoms with Crippen LogP contribution in [0.2, 0.25) is 0 Å². The monoisotopic (exact) mass is 317 g/mol. The van der Waals surface area contributed by atoms with Crippen LogP contribution in [0.1, 0.15) is 6.92 Å². The lowest BCUT2D eigenvalue weighted by molar-refractivity contribution is -0.141. The van der Waals surface area contributed by atoms with E-state index in [9.17, 15) is 13.2 Å². The number of rotatable bonds is 7. The number of hydrogen-bond donors (Lipinski definition) is 0. The van der Waals surface area contributed by atoms with Crippen LogP contribution < -0.4 is 13.8 Å². The Bertz CT molecular complexity index is 599. The molecule has 0 N–H and O–H groups in total. The molecule has 0 aliphatic rings. The van der Waals surface area contributed by atoms with Crippen LogP contribution in [0.3, 0.4) is 0 Å². The minimum atomic E-state index is -3.69. The van der Waals surface area contributed by atoms with Gasteiger partial charge in [-0.15, -0.1) is 0 Å². The normalized spacial score (nSPS) is 10.9. The van der Waals surface area contributed by atoms with Crippen LogP contribution in [0.5, 0.6) is 11.5 Å². The third kappa shape index (κ3) is 4.52. The Labute approximate surface area is 124 Å². The van der Waals surface area contributed by atoms with Crippen molar-refractivity contribution < 1.29 is 27.4 Å². The quantitative estimate of drug-likeness (QED) is 0.699. The molecule has 0 bridgehead atoms. The molecule has 0 heterocycles. The van der Waals surface area contributed by atoms with Crippen molar-refractivity contribution in [1.29, 1.82) is 0 Å². The van der Waals surface area contributed by atoms with Gasteiger partial charge in [0.1, 0.15) is 18.0 Å². The fourth-order valence-corrected chi connectivity index (χ4v) is 2.54. The van der Waals surface area contributed by atoms with Gasteiger partial charge in [0, 0.05) is 6.07 Å². The Morgan fingerprint density at radius 3 is 2.38 bits per heavy atom. The van der Waals surface area contributed by atoms with Gasteiger partial charge in [-0.25, -0.2) is 8.42 Å². The van der Waals surface area contributed by atoms with E-state index in [-0.39, 0.29) is 12.3 Å². The molecular weight excluding hydrogens is 298 g/mol. The van der Waals surface area contributed by atoms with E-state index in [1.165, 1.54) is 20.3 Å². The predicted molar refractivity (Wildman–Crippen MR) is 78.4 cm³/mol. The van der Waals surface area contributed by atoms with E-state index in [2.05, 4.69) is 0 Å². The fraction of sp³-hybridized carbons (Fsp3) is 0.462. The van der Waals surface area contributed by atoms with Crippen molar-refractivity contribution in [1.82, 2.24) is 0 Å². The van der Waals surface area contributed by atoms with E-state index in [4.69, 9.17) is 14.2 Å². The fourth-order valence-electron chi connectivity index (χ4n) is 1.70. The molecule has 0 amide bonds. The Kier molecular flexibility index (Phi) is 5.83. The molecule has 21 heavy (non-hydrogen) atoms. The summed E-state index contributed by atoms with van der Waals surface area (Å²) in [4.78, 5) is 11.6. The molecule has 8 heteroatoms. The van der Waals surface area contributed by atoms with Crippen LogP contribution in [-0.2, 0) is 19.6 Å². The van der Waals surface area contributed by atoms with E-state index in [0.717, 1.165) is 10.6 Å². The number of carbonyl (C=O) groups is 1. The highest BCUT2D eigenvalue weighted by Gasteiger charge is 2.25. The lowest BCUT2D eigenvalue weighted by atomic mass is 10.2. The highest BCUT2D eigenvalue weighted by atomic mass is 32.2. The minimum absolute atomic E-state index is 0.172. The number of nitrogens with zero attached hydrogens (tertiary/aromatic N) is 1. The topological polar surface area (TPSA) is 82.1 Å². The molecule has 1 rings (SSSR count). The van der Waals surface area contributed by atoms with Crippen molar-refractivity contribution >= 4 is 21.7 Å². The van der Waals surface area contributed by atoms with Crippen LogP contribution >= 0.6 is 0 Å². The van der Waals surface area contributed by atoms with Crippen LogP contribution in [0.15, 0.2) is 18.2 Å². The van der Waals surface area contributed by atoms with Crippen LogP contribution in [0, 0.1) is 0 Å². The van der Waals surface area contributed by atoms with E-state index in [0.29, 0.717) is 11.5 Å². The number of hydrogen-bond acceptors (Lipinski definition) is 6. The first-order valence-corrected chi connectivity index (χ1v) is 8.03. The van der Waals surface area contributed by atoms with Crippen molar-refractivity contribution in [3.63, 3.8) is 0 Å². The minimum Gasteiger partial charge on any atom is -0.497 e. The van der Waals surface area contributed by atoms with Gasteiger partial charge in [0.15, 0.2) is 0 Å². The SMILES string of the molecule is CCOC(=O)CN(c1cc(OC)ccc1OC)S(C)(=O)=O. The lowest BCUT2D eigenvalue weighted by Crippen LogP contribution is -2.36. The van der Waals surface area contributed by atoms with Gasteiger partial charge in [0.2, 0.25) is 10.0 Å². The number of carbonyl (C=O) groups excluding carboxylic acids is 1. The van der Waals surface area contributed by atoms with Gasteiger partial charge < -0.3 is 14.2 Å². The molecule has 0 aliphatic carbocycles. The summed E-state index contributed by atoms with van der Waals surface area (Å²) < 4.78 is 39.9. The maximum Gasteiger partial charge on any atom is 0.326 e. The zero-order valence-corrected chi connectivity index (χ0v) is 13.3. The molecule has 118 valence electrons. The molecule has 0 fully saturated rings. The zero-order chi connectivity index (χ0) is 16.0. The van der Waals surface area contributed by atoms with Crippen LogP contribution in [0.25, 0.3) is 0 Å². The van der Waals surface area contributed by atoms with Gasteiger partial charge in [-0.2, -0.15) is 0 Å². The third-order valence-corrected chi connectivity index (χ3v) is 3.76. The standard InChI is InChI=1S/C13H19NO6S/c1-5-20-13(15)9-14(21(4,16)17)11-8-10(18-2)6-7-12(11)19-3/h6-8H,5,9H2,1-4H3. The first-order chi connectivity index (χ1) is 9.83. The molecule has 0 radical (unpaired) electrons. The van der Waals surface area contributed by atoms with E-state index in [1.54, 1.807) is 19.1 Å². The first kappa shape index (κ1) is 17.1. The van der Waals surface area contributed by atoms with Crippen LogP contribution in [-0.4, -0.2) is 48.0 Å². The maximum absolute atomic E-state index is 12.0. The number of methoxy groups -OCH3 is 2. The number of benzene rings is 1. The van der Waals surface area contributed by atoms with Crippen LogP contribution in [0.4, 0.5) is 5.69 Å². The third-order valence-electron chi connectivity index (χ3n) is 2.63. The van der Waals surface area contributed by atoms with Gasteiger partial charge in [0.05, 0.1) is 32.8 Å². The van der Waals surface area contributed by atoms with Gasteiger partial charge in [-0.1, -0.05) is 0 Å². The van der Waals surface area contributed by atoms with Crippen molar-refractivity contribution in [2.75, 3.05) is 37.9 Å². The molecular formula is C13H19NO6S. The lowest BCUT2D eigenvalue weighted by Gasteiger charge is -2.23. The average molecular weight is 317 g/mol. The molecule has 7 nitrogen and oxygen atoms in total. The molecule has 0 saturated carbocycles. The van der Waals surface area contributed by atoms with Crippen molar-refractivity contribution in [2.24, 2.45) is 0 Å². The van der Waals surface area contributed by atoms with Crippen molar-refractivity contribution in [2.45, 2.75) is 6.92 Å². The molecule has 1 aromatic rings. The Hall–Kier alpha value is -1.96. The molecule has 0 atom stereocenters. The van der Waals surface area contributed by atoms with Gasteiger partial charge >= 0.3 is 5.97 Å². The molecule has 0 spiro atoms. The van der Waals surface area contributed by atoms with E-state index in [1.807, 2.05) is 0 Å². The maximum atomic E-state index is 12.0. The number of esters is 1. The van der Waals surface area contributed by atoms with E-state index < -0.39 is 22.5 Å². The molecule has 0 aromatic heterocycles. The summed E-state index contributed by atoms with van der Waals surface area (Å²) in [7, 11) is -0.819. The Balaban J connectivity index is 3.29. The summed E-state index contributed by atoms with van der Waals surface area (Å²) in [5.41, 5.74) is 0.215. The second-order valence-electron chi connectivity index (χ2n) is 4.11. The first-order valence-electron chi connectivity index (χ1n) is 6.18. The van der Waals surface area contributed by atoms with Crippen molar-refractivity contribution in [3.8, 4) is 11.5 Å². The molecule has 0 aliphatic heterocycles. The summed E-state index contributed by atoms with van der Waals surface area (Å²) in [6.07, 6.45) is 1.01. The second kappa shape index (κ2) is 7.16. The number of ether oxygens (including phenoxy) is 3. The smallest absolute Gasteiger partial charge is 0.326 e. The second-order valence-corrected chi connectivity index (χ2v) is 6.02. The van der Waals surface area contributed by atoms with Gasteiger partial charge in [-0.3, -0.25) is 9.10 Å². The van der Waals surface area contributed by atoms with E-state index >= 15 is 0 Å². The molecule has 1 aromatic carbocycles. The Morgan fingerprint density at radius 1 is 1.24 bits per heavy atom. The zero-order valence-electron chi connectivity index (χ0n) is 12.5. The van der Waals surface area contributed by atoms with Crippen molar-refractivity contribution in [3.05, 3.63) is 18.2 Å². The summed E-state index contributed by atoms with van der Waals surface area (Å²) in [6.45, 7) is 1.39. The Morgan fingerprint density at radius 2 is 1.90 bits per heavy atom. The highest BCUT2D eigenvalue weighted by molar-refractivity contribution is 7.92. The largest absolute Gasteiger partial charge is 0.497 e. The number of sulfonamides is 1. The summed E-state index contributed by atoms with van der Waals surface area (Å²) in [5, 5.41) is 0. The van der Waals surface area contributed by atoms with Gasteiger partial charge in [-0.05, 0) is 19.1 Å². The van der Waals surface area contributed by atoms with Gasteiger partial charge in [0.25, 0.3) is 0 Å². The number of anilines is 1. The average Bonchev–Trinajstić information content (AvgIpc) is 2.43. The summed E-state index contributed by atoms with van der Waals surface area (Å²) in [5.74, 6) is 0.113.